The first-order valence-electron chi connectivity index (χ1n) is 8.51. The van der Waals surface area contributed by atoms with Gasteiger partial charge < -0.3 is 10.0 Å². The topological polar surface area (TPSA) is 122 Å². The lowest BCUT2D eigenvalue weighted by atomic mass is 9.93. The van der Waals surface area contributed by atoms with Crippen molar-refractivity contribution in [2.24, 2.45) is 13.0 Å². The lowest BCUT2D eigenvalue weighted by Crippen LogP contribution is -2.54. The Hall–Kier alpha value is -1.94. The van der Waals surface area contributed by atoms with Gasteiger partial charge in [-0.05, 0) is 40.5 Å². The van der Waals surface area contributed by atoms with E-state index in [-0.39, 0.29) is 17.5 Å². The number of sulfonamides is 1. The summed E-state index contributed by atoms with van der Waals surface area (Å²) < 4.78 is 29.3. The average Bonchev–Trinajstić information content (AvgIpc) is 2.79. The van der Waals surface area contributed by atoms with Crippen LogP contribution in [0.5, 0.6) is 0 Å². The molecule has 146 valence electrons. The number of likely N-dealkylation sites (tertiary alicyclic amines) is 1. The number of piperidine rings is 1. The van der Waals surface area contributed by atoms with E-state index in [1.165, 1.54) is 16.5 Å². The smallest absolute Gasteiger partial charge is 0.308 e. The van der Waals surface area contributed by atoms with Crippen molar-refractivity contribution in [1.29, 1.82) is 0 Å². The van der Waals surface area contributed by atoms with Crippen molar-refractivity contribution in [2.75, 3.05) is 6.54 Å². The summed E-state index contributed by atoms with van der Waals surface area (Å²) in [6.07, 6.45) is 1.08. The van der Waals surface area contributed by atoms with Crippen molar-refractivity contribution in [3.05, 3.63) is 11.4 Å². The molecular weight excluding hydrogens is 360 g/mol. The predicted molar refractivity (Wildman–Crippen MR) is 94.0 cm³/mol. The summed E-state index contributed by atoms with van der Waals surface area (Å²) in [6, 6.07) is -1.14. The number of carboxylic acids is 1. The molecule has 0 spiro atoms. The van der Waals surface area contributed by atoms with Gasteiger partial charge in [-0.15, -0.1) is 0 Å². The van der Waals surface area contributed by atoms with Crippen molar-refractivity contribution < 1.29 is 23.1 Å². The second kappa shape index (κ2) is 7.36. The summed E-state index contributed by atoms with van der Waals surface area (Å²) in [7, 11) is -2.28. The minimum absolute atomic E-state index is 0.0646. The Bertz CT molecular complexity index is 817. The Morgan fingerprint density at radius 1 is 1.31 bits per heavy atom. The molecule has 2 heterocycles. The fraction of sp³-hybridized carbons (Fsp3) is 0.688. The molecule has 10 heteroatoms. The molecule has 0 aromatic carbocycles. The molecule has 0 radical (unpaired) electrons. The van der Waals surface area contributed by atoms with Gasteiger partial charge in [0, 0.05) is 19.6 Å². The van der Waals surface area contributed by atoms with Crippen LogP contribution < -0.4 is 4.72 Å². The molecule has 26 heavy (non-hydrogen) atoms. The third kappa shape index (κ3) is 3.90. The number of rotatable bonds is 5. The van der Waals surface area contributed by atoms with Crippen molar-refractivity contribution in [3.63, 3.8) is 0 Å². The van der Waals surface area contributed by atoms with E-state index in [0.29, 0.717) is 24.2 Å². The van der Waals surface area contributed by atoms with E-state index in [1.807, 2.05) is 6.92 Å². The van der Waals surface area contributed by atoms with E-state index >= 15 is 0 Å². The largest absolute Gasteiger partial charge is 0.481 e. The molecule has 2 rings (SSSR count). The molecule has 1 saturated heterocycles. The lowest BCUT2D eigenvalue weighted by molar-refractivity contribution is -0.147. The second-order valence-corrected chi connectivity index (χ2v) is 8.57. The van der Waals surface area contributed by atoms with Gasteiger partial charge in [-0.25, -0.2) is 8.42 Å². The van der Waals surface area contributed by atoms with Crippen LogP contribution in [0.4, 0.5) is 0 Å². The van der Waals surface area contributed by atoms with Crippen molar-refractivity contribution in [2.45, 2.75) is 57.5 Å². The molecule has 1 aromatic rings. The first kappa shape index (κ1) is 20.4. The van der Waals surface area contributed by atoms with E-state index in [2.05, 4.69) is 9.82 Å². The van der Waals surface area contributed by atoms with Crippen LogP contribution >= 0.6 is 0 Å². The highest BCUT2D eigenvalue weighted by molar-refractivity contribution is 7.89. The molecule has 1 aliphatic rings. The number of hydrogen-bond acceptors (Lipinski definition) is 5. The van der Waals surface area contributed by atoms with E-state index < -0.39 is 33.9 Å². The summed E-state index contributed by atoms with van der Waals surface area (Å²) in [4.78, 5) is 25.5. The molecule has 1 aromatic heterocycles. The van der Waals surface area contributed by atoms with E-state index in [4.69, 9.17) is 0 Å². The van der Waals surface area contributed by atoms with Crippen molar-refractivity contribution in [3.8, 4) is 0 Å². The number of nitrogens with one attached hydrogen (secondary N) is 1. The van der Waals surface area contributed by atoms with Gasteiger partial charge in [-0.2, -0.15) is 9.82 Å². The Kier molecular flexibility index (Phi) is 5.76. The number of carbonyl (C=O) groups excluding carboxylic acids is 1. The molecule has 3 unspecified atom stereocenters. The average molecular weight is 386 g/mol. The summed E-state index contributed by atoms with van der Waals surface area (Å²) in [6.45, 7) is 6.64. The highest BCUT2D eigenvalue weighted by Gasteiger charge is 2.36. The maximum absolute atomic E-state index is 12.7. The molecule has 0 saturated carbocycles. The second-order valence-electron chi connectivity index (χ2n) is 6.92. The first-order valence-corrected chi connectivity index (χ1v) is 9.99. The predicted octanol–water partition coefficient (Wildman–Crippen LogP) is 0.415. The Balaban J connectivity index is 2.19. The summed E-state index contributed by atoms with van der Waals surface area (Å²) >= 11 is 0. The number of aliphatic carboxylic acids is 1. The molecule has 1 aliphatic heterocycles. The van der Waals surface area contributed by atoms with Gasteiger partial charge in [0.1, 0.15) is 4.90 Å². The zero-order valence-corrected chi connectivity index (χ0v) is 16.5. The van der Waals surface area contributed by atoms with Gasteiger partial charge >= 0.3 is 5.97 Å². The number of aromatic nitrogens is 2. The van der Waals surface area contributed by atoms with Crippen LogP contribution in [0.1, 0.15) is 38.1 Å². The van der Waals surface area contributed by atoms with E-state index in [9.17, 15) is 23.1 Å². The van der Waals surface area contributed by atoms with Crippen LogP contribution in [0.15, 0.2) is 4.90 Å². The summed E-state index contributed by atoms with van der Waals surface area (Å²) in [5.74, 6) is -1.99. The minimum Gasteiger partial charge on any atom is -0.481 e. The number of amides is 1. The zero-order valence-electron chi connectivity index (χ0n) is 15.7. The van der Waals surface area contributed by atoms with Gasteiger partial charge in [0.2, 0.25) is 15.9 Å². The van der Waals surface area contributed by atoms with Gasteiger partial charge in [-0.1, -0.05) is 0 Å². The number of hydrogen-bond donors (Lipinski definition) is 2. The number of carboxylic acid groups (broad SMARTS) is 1. The number of carbonyl (C=O) groups is 2. The van der Waals surface area contributed by atoms with Crippen LogP contribution in [0.2, 0.25) is 0 Å². The van der Waals surface area contributed by atoms with Crippen molar-refractivity contribution in [1.82, 2.24) is 19.4 Å². The van der Waals surface area contributed by atoms with Crippen LogP contribution in [0, 0.1) is 19.8 Å². The van der Waals surface area contributed by atoms with Crippen LogP contribution in [0.3, 0.4) is 0 Å². The van der Waals surface area contributed by atoms with Gasteiger partial charge in [0.15, 0.2) is 0 Å². The molecule has 1 fully saturated rings. The lowest BCUT2D eigenvalue weighted by Gasteiger charge is -2.38. The van der Waals surface area contributed by atoms with E-state index in [0.717, 1.165) is 0 Å². The fourth-order valence-electron chi connectivity index (χ4n) is 3.35. The van der Waals surface area contributed by atoms with Crippen LogP contribution in [0.25, 0.3) is 0 Å². The Labute approximate surface area is 153 Å². The highest BCUT2D eigenvalue weighted by atomic mass is 32.2. The number of aryl methyl sites for hydroxylation is 2. The molecule has 9 nitrogen and oxygen atoms in total. The van der Waals surface area contributed by atoms with E-state index in [1.54, 1.807) is 20.9 Å². The third-order valence-corrected chi connectivity index (χ3v) is 6.72. The molecule has 1 amide bonds. The minimum atomic E-state index is -3.93. The Morgan fingerprint density at radius 3 is 2.42 bits per heavy atom. The van der Waals surface area contributed by atoms with Crippen molar-refractivity contribution >= 4 is 21.9 Å². The standard InChI is InChI=1S/C16H26N4O5S/c1-9-6-7-13(16(22)23)8-20(9)15(21)11(3)18-26(24,25)14-10(2)17-19(5)12(14)4/h9,11,13,18H,6-8H2,1-5H3,(H,22,23). The first-order chi connectivity index (χ1) is 12.0. The Morgan fingerprint density at radius 2 is 1.92 bits per heavy atom. The zero-order chi connectivity index (χ0) is 19.8. The summed E-state index contributed by atoms with van der Waals surface area (Å²) in [5.41, 5.74) is 0.835. The highest BCUT2D eigenvalue weighted by Crippen LogP contribution is 2.24. The molecule has 0 aliphatic carbocycles. The van der Waals surface area contributed by atoms with Crippen LogP contribution in [-0.4, -0.2) is 58.7 Å². The normalized spacial score (nSPS) is 22.3. The SMILES string of the molecule is Cc1nn(C)c(C)c1S(=O)(=O)NC(C)C(=O)N1CC(C(=O)O)CCC1C. The maximum Gasteiger partial charge on any atom is 0.308 e. The quantitative estimate of drug-likeness (QED) is 0.756. The molecule has 2 N–H and O–H groups in total. The third-order valence-electron chi connectivity index (χ3n) is 4.93. The molecule has 0 bridgehead atoms. The van der Waals surface area contributed by atoms with Crippen LogP contribution in [-0.2, 0) is 26.7 Å². The maximum atomic E-state index is 12.7. The van der Waals surface area contributed by atoms with Gasteiger partial charge in [0.25, 0.3) is 0 Å². The monoisotopic (exact) mass is 386 g/mol. The molecule has 3 atom stereocenters. The molecular formula is C16H26N4O5S. The van der Waals surface area contributed by atoms with Gasteiger partial charge in [-0.3, -0.25) is 14.3 Å². The summed E-state index contributed by atoms with van der Waals surface area (Å²) in [5, 5.41) is 13.3. The van der Waals surface area contributed by atoms with Gasteiger partial charge in [0.05, 0.1) is 23.3 Å². The number of nitrogens with zero attached hydrogens (tertiary/aromatic N) is 3. The fourth-order valence-corrected chi connectivity index (χ4v) is 4.98.